The largest absolute Gasteiger partial charge is 0.322 e. The van der Waals surface area contributed by atoms with E-state index in [0.717, 1.165) is 35.7 Å². The minimum absolute atomic E-state index is 0.00244. The number of rotatable bonds is 7. The molecule has 1 N–H and O–H groups in total. The quantitative estimate of drug-likeness (QED) is 0.643. The zero-order valence-electron chi connectivity index (χ0n) is 15.6. The number of benzene rings is 1. The Balaban J connectivity index is 1.67. The number of nitriles is 1. The first-order valence-electron chi connectivity index (χ1n) is 9.86. The van der Waals surface area contributed by atoms with Gasteiger partial charge in [0.1, 0.15) is 0 Å². The summed E-state index contributed by atoms with van der Waals surface area (Å²) in [6, 6.07) is 10.6. The van der Waals surface area contributed by atoms with Crippen molar-refractivity contribution in [2.45, 2.75) is 62.8 Å². The highest BCUT2D eigenvalue weighted by Gasteiger charge is 2.32. The number of nitrogens with zero attached hydrogens (tertiary/aromatic N) is 2. The van der Waals surface area contributed by atoms with Crippen LogP contribution in [-0.2, 0) is 0 Å². The van der Waals surface area contributed by atoms with E-state index < -0.39 is 0 Å². The molecule has 0 bridgehead atoms. The summed E-state index contributed by atoms with van der Waals surface area (Å²) in [6.07, 6.45) is 8.55. The molecular weight excluding hydrogens is 342 g/mol. The van der Waals surface area contributed by atoms with Crippen molar-refractivity contribution in [2.75, 3.05) is 17.6 Å². The summed E-state index contributed by atoms with van der Waals surface area (Å²) in [6.45, 7) is 2.83. The normalized spacial score (nSPS) is 18.8. The molecular formula is C21H29N3OS. The summed E-state index contributed by atoms with van der Waals surface area (Å²) in [4.78, 5) is 16.2. The fourth-order valence-electron chi connectivity index (χ4n) is 3.50. The molecule has 0 aliphatic heterocycles. The van der Waals surface area contributed by atoms with Crippen LogP contribution < -0.4 is 5.32 Å². The Labute approximate surface area is 161 Å². The first-order valence-corrected chi connectivity index (χ1v) is 10.8. The maximum atomic E-state index is 13.1. The summed E-state index contributed by atoms with van der Waals surface area (Å²) >= 11 is 1.64. The zero-order valence-corrected chi connectivity index (χ0v) is 16.4. The molecule has 1 atom stereocenters. The number of carbonyl (C=O) groups is 1. The van der Waals surface area contributed by atoms with E-state index in [0.29, 0.717) is 12.0 Å². The number of thioether (sulfide) groups is 1. The van der Waals surface area contributed by atoms with Crippen molar-refractivity contribution in [1.82, 2.24) is 4.90 Å². The highest BCUT2D eigenvalue weighted by molar-refractivity contribution is 7.99. The fourth-order valence-corrected chi connectivity index (χ4v) is 4.46. The summed E-state index contributed by atoms with van der Waals surface area (Å²) < 4.78 is 0. The van der Waals surface area contributed by atoms with Crippen LogP contribution in [0.2, 0.25) is 0 Å². The monoisotopic (exact) mass is 371 g/mol. The summed E-state index contributed by atoms with van der Waals surface area (Å²) in [7, 11) is 0. The van der Waals surface area contributed by atoms with E-state index in [1.807, 2.05) is 31.2 Å². The molecule has 1 unspecified atom stereocenters. The summed E-state index contributed by atoms with van der Waals surface area (Å²) in [5.41, 5.74) is 0.865. The molecule has 26 heavy (non-hydrogen) atoms. The highest BCUT2D eigenvalue weighted by Crippen LogP contribution is 2.34. The molecule has 2 amide bonds. The van der Waals surface area contributed by atoms with Crippen molar-refractivity contribution in [3.05, 3.63) is 24.3 Å². The van der Waals surface area contributed by atoms with Gasteiger partial charge < -0.3 is 10.2 Å². The average Bonchev–Trinajstić information content (AvgIpc) is 3.50. The molecule has 5 heteroatoms. The van der Waals surface area contributed by atoms with Gasteiger partial charge >= 0.3 is 6.03 Å². The molecule has 0 heterocycles. The van der Waals surface area contributed by atoms with Gasteiger partial charge in [-0.3, -0.25) is 0 Å². The number of urea groups is 1. The van der Waals surface area contributed by atoms with Crippen LogP contribution in [0.5, 0.6) is 0 Å². The first kappa shape index (κ1) is 19.1. The number of carbonyl (C=O) groups excluding carboxylic acids is 1. The average molecular weight is 372 g/mol. The lowest BCUT2D eigenvalue weighted by atomic mass is 9.94. The Kier molecular flexibility index (Phi) is 6.85. The number of para-hydroxylation sites is 1. The number of hydrogen-bond acceptors (Lipinski definition) is 3. The second kappa shape index (κ2) is 9.32. The van der Waals surface area contributed by atoms with Gasteiger partial charge in [-0.2, -0.15) is 5.26 Å². The summed E-state index contributed by atoms with van der Waals surface area (Å²) in [5.74, 6) is 1.43. The lowest BCUT2D eigenvalue weighted by Gasteiger charge is -2.34. The van der Waals surface area contributed by atoms with E-state index in [2.05, 4.69) is 16.3 Å². The van der Waals surface area contributed by atoms with Crippen LogP contribution in [0, 0.1) is 23.2 Å². The van der Waals surface area contributed by atoms with Crippen LogP contribution in [-0.4, -0.2) is 29.3 Å². The standard InChI is InChI=1S/C21H29N3OS/c1-16(13-22)15-26-20-10-6-5-9-19(20)23-21(25)24(14-17-11-12-17)18-7-3-2-4-8-18/h5-6,9-10,16-18H,2-4,7-8,11-12,14-15H2,1H3,(H,23,25). The topological polar surface area (TPSA) is 56.1 Å². The van der Waals surface area contributed by atoms with Crippen LogP contribution in [0.15, 0.2) is 29.2 Å². The van der Waals surface area contributed by atoms with Gasteiger partial charge in [-0.05, 0) is 50.7 Å². The molecule has 2 aliphatic rings. The van der Waals surface area contributed by atoms with E-state index >= 15 is 0 Å². The molecule has 1 aromatic rings. The molecule has 3 rings (SSSR count). The molecule has 1 aromatic carbocycles. The van der Waals surface area contributed by atoms with Crippen LogP contribution in [0.25, 0.3) is 0 Å². The van der Waals surface area contributed by atoms with E-state index in [9.17, 15) is 4.79 Å². The zero-order chi connectivity index (χ0) is 18.4. The lowest BCUT2D eigenvalue weighted by molar-refractivity contribution is 0.163. The van der Waals surface area contributed by atoms with Crippen molar-refractivity contribution < 1.29 is 4.79 Å². The molecule has 0 radical (unpaired) electrons. The van der Waals surface area contributed by atoms with E-state index in [1.54, 1.807) is 11.8 Å². The minimum atomic E-state index is -0.00244. The van der Waals surface area contributed by atoms with Crippen molar-refractivity contribution >= 4 is 23.5 Å². The van der Waals surface area contributed by atoms with Gasteiger partial charge in [0.05, 0.1) is 17.7 Å². The summed E-state index contributed by atoms with van der Waals surface area (Å²) in [5, 5.41) is 12.2. The number of nitrogens with one attached hydrogen (secondary N) is 1. The molecule has 0 saturated heterocycles. The second-order valence-electron chi connectivity index (χ2n) is 7.66. The van der Waals surface area contributed by atoms with E-state index in [1.165, 1.54) is 32.1 Å². The van der Waals surface area contributed by atoms with Crippen LogP contribution >= 0.6 is 11.8 Å². The second-order valence-corrected chi connectivity index (χ2v) is 8.72. The van der Waals surface area contributed by atoms with Gasteiger partial charge in [0.25, 0.3) is 0 Å². The molecule has 2 aliphatic carbocycles. The SMILES string of the molecule is CC(C#N)CSc1ccccc1NC(=O)N(CC1CC1)C1CCCCC1. The molecule has 2 fully saturated rings. The van der Waals surface area contributed by atoms with Gasteiger partial charge in [-0.15, -0.1) is 11.8 Å². The van der Waals surface area contributed by atoms with Crippen molar-refractivity contribution in [2.24, 2.45) is 11.8 Å². The predicted octanol–water partition coefficient (Wildman–Crippen LogP) is 5.51. The van der Waals surface area contributed by atoms with Crippen molar-refractivity contribution in [1.29, 1.82) is 5.26 Å². The van der Waals surface area contributed by atoms with Crippen LogP contribution in [0.3, 0.4) is 0 Å². The number of amides is 2. The number of anilines is 1. The first-order chi connectivity index (χ1) is 12.7. The lowest BCUT2D eigenvalue weighted by Crippen LogP contribution is -2.45. The van der Waals surface area contributed by atoms with Crippen molar-refractivity contribution in [3.8, 4) is 6.07 Å². The Hall–Kier alpha value is -1.67. The molecule has 0 spiro atoms. The highest BCUT2D eigenvalue weighted by atomic mass is 32.2. The Morgan fingerprint density at radius 3 is 2.69 bits per heavy atom. The Bertz CT molecular complexity index is 647. The van der Waals surface area contributed by atoms with Crippen molar-refractivity contribution in [3.63, 3.8) is 0 Å². The Morgan fingerprint density at radius 2 is 2.00 bits per heavy atom. The van der Waals surface area contributed by atoms with E-state index in [-0.39, 0.29) is 11.9 Å². The van der Waals surface area contributed by atoms with Gasteiger partial charge in [-0.25, -0.2) is 4.79 Å². The van der Waals surface area contributed by atoms with Gasteiger partial charge in [-0.1, -0.05) is 31.4 Å². The maximum Gasteiger partial charge on any atom is 0.322 e. The maximum absolute atomic E-state index is 13.1. The predicted molar refractivity (Wildman–Crippen MR) is 107 cm³/mol. The van der Waals surface area contributed by atoms with Crippen LogP contribution in [0.1, 0.15) is 51.9 Å². The third-order valence-electron chi connectivity index (χ3n) is 5.27. The Morgan fingerprint density at radius 1 is 1.27 bits per heavy atom. The van der Waals surface area contributed by atoms with E-state index in [4.69, 9.17) is 5.26 Å². The molecule has 4 nitrogen and oxygen atoms in total. The third-order valence-corrected chi connectivity index (χ3v) is 6.60. The molecule has 2 saturated carbocycles. The molecule has 140 valence electrons. The minimum Gasteiger partial charge on any atom is -0.321 e. The fraction of sp³-hybridized carbons (Fsp3) is 0.619. The smallest absolute Gasteiger partial charge is 0.321 e. The van der Waals surface area contributed by atoms with Gasteiger partial charge in [0.15, 0.2) is 0 Å². The molecule has 0 aromatic heterocycles. The van der Waals surface area contributed by atoms with Gasteiger partial charge in [0.2, 0.25) is 0 Å². The van der Waals surface area contributed by atoms with Gasteiger partial charge in [0, 0.05) is 23.2 Å². The third kappa shape index (κ3) is 5.41. The van der Waals surface area contributed by atoms with Crippen LogP contribution in [0.4, 0.5) is 10.5 Å². The number of hydrogen-bond donors (Lipinski definition) is 1.